The van der Waals surface area contributed by atoms with Crippen molar-refractivity contribution in [2.45, 2.75) is 192 Å². The zero-order valence-corrected chi connectivity index (χ0v) is 86.5. The van der Waals surface area contributed by atoms with E-state index >= 15 is 9.59 Å². The minimum atomic E-state index is -5.12. The Labute approximate surface area is 852 Å². The molecule has 2 bridgehead atoms. The summed E-state index contributed by atoms with van der Waals surface area (Å²) < 4.78 is 167. The molecule has 7 atom stereocenters. The second-order valence-electron chi connectivity index (χ2n) is 36.1. The van der Waals surface area contributed by atoms with Crippen LogP contribution in [0.15, 0.2) is 135 Å². The topological polar surface area (TPSA) is 675 Å². The van der Waals surface area contributed by atoms with E-state index < -0.39 is 215 Å². The van der Waals surface area contributed by atoms with Crippen molar-refractivity contribution >= 4 is 195 Å². The zero-order chi connectivity index (χ0) is 106. The van der Waals surface area contributed by atoms with E-state index in [1.165, 1.54) is 12.1 Å². The van der Waals surface area contributed by atoms with Gasteiger partial charge < -0.3 is 83.0 Å². The highest BCUT2D eigenvalue weighted by Gasteiger charge is 2.47. The van der Waals surface area contributed by atoms with Gasteiger partial charge in [-0.2, -0.15) is 38.2 Å². The van der Waals surface area contributed by atoms with Crippen molar-refractivity contribution in [2.24, 2.45) is 29.2 Å². The number of amides is 8. The molecule has 0 aliphatic carbocycles. The molecule has 4 aliphatic heterocycles. The Hall–Kier alpha value is -11.0. The van der Waals surface area contributed by atoms with Gasteiger partial charge in [0, 0.05) is 139 Å². The molecule has 4 heterocycles. The fourth-order valence-electron chi connectivity index (χ4n) is 17.5. The number of ether oxygens (including phenoxy) is 4. The van der Waals surface area contributed by atoms with Gasteiger partial charge in [0.05, 0.1) is 85.0 Å². The Morgan fingerprint density at radius 2 is 1.17 bits per heavy atom. The van der Waals surface area contributed by atoms with Crippen molar-refractivity contribution in [2.75, 3.05) is 120 Å². The van der Waals surface area contributed by atoms with Gasteiger partial charge in [0.25, 0.3) is 40.5 Å². The van der Waals surface area contributed by atoms with Gasteiger partial charge in [-0.15, -0.1) is 11.8 Å². The van der Waals surface area contributed by atoms with Crippen molar-refractivity contribution < 1.29 is 143 Å². The highest BCUT2D eigenvalue weighted by atomic mass is 33.1. The number of hydrogen-bond acceptors (Lipinski definition) is 30. The van der Waals surface area contributed by atoms with Crippen molar-refractivity contribution in [3.05, 3.63) is 132 Å². The third kappa shape index (κ3) is 34.8. The molecule has 43 nitrogen and oxygen atoms in total. The van der Waals surface area contributed by atoms with Gasteiger partial charge in [-0.1, -0.05) is 96.5 Å². The van der Waals surface area contributed by atoms with Crippen molar-refractivity contribution in [3.63, 3.8) is 0 Å². The third-order valence-electron chi connectivity index (χ3n) is 24.6. The Balaban J connectivity index is 0.922. The van der Waals surface area contributed by atoms with Crippen LogP contribution in [0, 0.1) is 23.2 Å². The predicted octanol–water partition coefficient (Wildman–Crippen LogP) is 4.94. The largest absolute Gasteiger partial charge is 0.481 e. The normalized spacial score (nSPS) is 20.3. The Bertz CT molecular complexity index is 6260. The van der Waals surface area contributed by atoms with E-state index in [-0.39, 0.29) is 187 Å². The minimum absolute atomic E-state index is 0.00430. The van der Waals surface area contributed by atoms with Crippen molar-refractivity contribution in [3.8, 4) is 0 Å². The van der Waals surface area contributed by atoms with Gasteiger partial charge >= 0.3 is 5.97 Å². The summed E-state index contributed by atoms with van der Waals surface area (Å²) in [6, 6.07) is 12.4. The molecule has 0 unspecified atom stereocenters. The second-order valence-corrected chi connectivity index (χ2v) is 45.3. The summed E-state index contributed by atoms with van der Waals surface area (Å²) in [5.74, 6) is -15.8. The lowest BCUT2D eigenvalue weighted by Crippen LogP contribution is -2.53. The molecule has 50 heteroatoms. The number of Topliss-reactive ketones (excluding diaryl/α,β-unsaturated/α-hetero) is 4. The van der Waals surface area contributed by atoms with E-state index in [9.17, 15) is 110 Å². The second kappa shape index (κ2) is 54.6. The molecule has 9 rings (SSSR count). The fraction of sp³-hybridized carbons (Fsp3) is 0.505. The number of nitrogens with two attached hydrogens (primary N) is 2. The van der Waals surface area contributed by atoms with Crippen LogP contribution in [0.2, 0.25) is 0 Å². The third-order valence-corrected chi connectivity index (χ3v) is 31.5. The maximum absolute atomic E-state index is 15.0. The SMILES string of the molecule is CC[N+]1=C(/C=C/C=C/C=C2/N(CCCCCC(=O)NCCCC[C@@H]3NC(=O)CSC[C@@H](C(=O)NCCOCCOCCOCCCC(=O)COCC(N)=O)NC(=O)[C@H](Cc4ccccc4)CC(=O)[C@@H]4CSSC[C@H](NC3=O)C(=O)C[C@@H](CCCNC(=N)N)C(=O)NCC(=O)C[C@@H](CC(=O)O)C(=O)N4)c3ccc4c(S(=O)(=O)O)cc(S(=O)(=O)O)cc4c3C2(C)C)C(C)(C)c2c1ccc1c(S(=O)(=O)O)cc(S(=O)(=O)O)cc21. The molecule has 18 N–H and O–H groups in total. The number of carbonyl (C=O) groups is 13. The molecule has 8 amide bonds. The molecule has 0 spiro atoms. The lowest BCUT2D eigenvalue weighted by molar-refractivity contribution is -0.433. The lowest BCUT2D eigenvalue weighted by Gasteiger charge is -2.27. The molecule has 0 radical (unpaired) electrons. The molecular formula is C95H126N13O30S7+. The quantitative estimate of drug-likeness (QED) is 0.00467. The number of carbonyl (C=O) groups excluding carboxylic acids is 12. The number of ketones is 4. The summed E-state index contributed by atoms with van der Waals surface area (Å²) in [6.07, 6.45) is 7.99. The number of carboxylic acid groups (broad SMARTS) is 1. The minimum Gasteiger partial charge on any atom is -0.481 e. The average Bonchev–Trinajstić information content (AvgIpc) is 1.57. The van der Waals surface area contributed by atoms with E-state index in [1.54, 1.807) is 72.8 Å². The van der Waals surface area contributed by atoms with Gasteiger partial charge in [0.15, 0.2) is 34.8 Å². The van der Waals surface area contributed by atoms with E-state index in [2.05, 4.69) is 42.5 Å². The molecule has 5 aromatic carbocycles. The highest BCUT2D eigenvalue weighted by molar-refractivity contribution is 8.76. The first-order chi connectivity index (χ1) is 68.5. The van der Waals surface area contributed by atoms with Crippen LogP contribution in [0.25, 0.3) is 21.5 Å². The Morgan fingerprint density at radius 1 is 0.566 bits per heavy atom. The Morgan fingerprint density at radius 3 is 1.78 bits per heavy atom. The van der Waals surface area contributed by atoms with Crippen LogP contribution in [0.1, 0.15) is 148 Å². The summed E-state index contributed by atoms with van der Waals surface area (Å²) in [5, 5.41) is 39.6. The summed E-state index contributed by atoms with van der Waals surface area (Å²) in [7, 11) is -18.3. The summed E-state index contributed by atoms with van der Waals surface area (Å²) >= 11 is 0.883. The van der Waals surface area contributed by atoms with Crippen LogP contribution in [-0.2, 0) is 139 Å². The number of unbranched alkanes of at least 4 members (excludes halogenated alkanes) is 3. The van der Waals surface area contributed by atoms with E-state index in [4.69, 9.17) is 35.8 Å². The lowest BCUT2D eigenvalue weighted by atomic mass is 9.79. The first kappa shape index (κ1) is 118. The van der Waals surface area contributed by atoms with Gasteiger partial charge in [-0.3, -0.25) is 85.9 Å². The molecule has 2 fully saturated rings. The number of thioether (sulfide) groups is 1. The van der Waals surface area contributed by atoms with Crippen molar-refractivity contribution in [1.29, 1.82) is 5.41 Å². The van der Waals surface area contributed by atoms with Gasteiger partial charge in [-0.05, 0) is 143 Å². The number of benzene rings is 5. The molecule has 2 saturated heterocycles. The number of nitrogens with one attached hydrogen (secondary N) is 9. The van der Waals surface area contributed by atoms with Crippen LogP contribution in [0.3, 0.4) is 0 Å². The molecule has 145 heavy (non-hydrogen) atoms. The number of nitrogens with zero attached hydrogens (tertiary/aromatic N) is 2. The van der Waals surface area contributed by atoms with E-state index in [1.807, 2.05) is 44.1 Å². The predicted molar refractivity (Wildman–Crippen MR) is 541 cm³/mol. The summed E-state index contributed by atoms with van der Waals surface area (Å²) in [5.41, 5.74) is 12.4. The highest BCUT2D eigenvalue weighted by Crippen LogP contribution is 2.53. The Kier molecular flexibility index (Phi) is 44.3. The molecule has 5 aromatic rings. The van der Waals surface area contributed by atoms with Crippen LogP contribution in [-0.4, -0.2) is 289 Å². The number of allylic oxidation sites excluding steroid dienone is 6. The number of carboxylic acids is 1. The standard InChI is InChI=1S/C95H125N13O30S7/c1-6-107-74-30-28-66-68(47-64(142(123,124)125)49-78(66)144(129,130)131)86(74)94(2,3)80(107)25-12-8-13-26-81-95(4,5)87-69-48-65(143(126,127)128)50-79(145(132,133)134)67(69)29-31-75(87)108(81)35-17-9-14-27-83(114)99-32-16-15-24-70-92(122)105-72-56-141-140-55-71(104-90(120)61(46-85(116)117)43-63(110)51-102-88(118)59(44-76(72)111)22-18-33-101-93(97)98)77(112)45-60(42-58-20-10-7-11-21-58)89(119)106-73(54-139-57-84(115)103-70)91(121)100-34-37-136-39-41-137-40-38-135-36-19-23-62(109)52-138-53-82(96)113/h7-8,10-13,20-21,25-26,28-31,47-50,59-61,70-73H,6,9,14-19,22-24,27,32-46,51-57H2,1-5H3,(H17-,96,97,98,99,100,101,102,103,104,105,106,113,114,115,116,117,118,119,120,121,122,123,124,125,126,127,128,129,130,131,132,133,134)/p+1/t59-,60-,61+,70+,71+,72+,73+/m1/s1. The number of fused-ring (bicyclic) bond motifs is 11. The number of hydrogen-bond donors (Lipinski definition) is 16. The van der Waals surface area contributed by atoms with Crippen molar-refractivity contribution in [1.82, 2.24) is 42.5 Å². The number of guanidine groups is 1. The summed E-state index contributed by atoms with van der Waals surface area (Å²) in [4.78, 5) is 179. The van der Waals surface area contributed by atoms with E-state index in [0.717, 1.165) is 45.5 Å². The van der Waals surface area contributed by atoms with Gasteiger partial charge in [0.2, 0.25) is 52.9 Å². The average molecular weight is 2150 g/mol. The number of primary amides is 1. The first-order valence-corrected chi connectivity index (χ1v) is 56.4. The van der Waals surface area contributed by atoms with E-state index in [0.29, 0.717) is 83.8 Å². The van der Waals surface area contributed by atoms with Gasteiger partial charge in [-0.25, -0.2) is 0 Å². The molecular weight excluding hydrogens is 2030 g/mol. The molecule has 4 aliphatic rings. The molecule has 0 saturated carbocycles. The first-order valence-electron chi connectivity index (χ1n) is 47.0. The zero-order valence-electron chi connectivity index (χ0n) is 80.8. The monoisotopic (exact) mass is 2150 g/mol. The number of rotatable bonds is 45. The molecule has 0 aromatic heterocycles. The maximum Gasteiger partial charge on any atom is 0.304 e. The number of anilines is 1. The number of aliphatic carboxylic acids is 1. The van der Waals surface area contributed by atoms with Crippen LogP contribution < -0.4 is 58.9 Å². The van der Waals surface area contributed by atoms with Crippen LogP contribution in [0.4, 0.5) is 11.4 Å². The van der Waals surface area contributed by atoms with Crippen LogP contribution in [0.5, 0.6) is 0 Å². The molecule has 792 valence electrons. The maximum atomic E-state index is 15.0. The summed E-state index contributed by atoms with van der Waals surface area (Å²) in [6.45, 7) is 9.23. The van der Waals surface area contributed by atoms with Crippen LogP contribution >= 0.6 is 33.3 Å². The fourth-order valence-corrected chi connectivity index (χ4v) is 23.5. The smallest absolute Gasteiger partial charge is 0.304 e. The van der Waals surface area contributed by atoms with Gasteiger partial charge in [0.1, 0.15) is 41.6 Å².